The van der Waals surface area contributed by atoms with Gasteiger partial charge in [0, 0.05) is 15.4 Å². The molecule has 0 spiro atoms. The lowest BCUT2D eigenvalue weighted by Crippen LogP contribution is -2.26. The zero-order valence-electron chi connectivity index (χ0n) is 17.3. The highest BCUT2D eigenvalue weighted by molar-refractivity contribution is 9.10. The zero-order chi connectivity index (χ0) is 22.0. The lowest BCUT2D eigenvalue weighted by Gasteiger charge is -2.14. The number of carbonyl (C=O) groups is 1. The smallest absolute Gasteiger partial charge is 0.251 e. The molecule has 0 aliphatic rings. The van der Waals surface area contributed by atoms with Gasteiger partial charge in [-0.25, -0.2) is 0 Å². The molecule has 0 saturated carbocycles. The number of halogens is 1. The van der Waals surface area contributed by atoms with Gasteiger partial charge < -0.3 is 5.32 Å². The molecule has 0 saturated heterocycles. The van der Waals surface area contributed by atoms with Gasteiger partial charge in [-0.15, -0.1) is 0 Å². The molecule has 0 aliphatic heterocycles. The first-order valence-corrected chi connectivity index (χ1v) is 10.8. The van der Waals surface area contributed by atoms with E-state index in [2.05, 4.69) is 32.4 Å². The summed E-state index contributed by atoms with van der Waals surface area (Å²) in [5, 5.41) is 17.8. The molecule has 1 amide bonds. The molecule has 1 N–H and O–H groups in total. The summed E-state index contributed by atoms with van der Waals surface area (Å²) in [5.41, 5.74) is 5.10. The van der Waals surface area contributed by atoms with E-state index in [0.29, 0.717) is 17.7 Å². The molecule has 1 unspecified atom stereocenters. The summed E-state index contributed by atoms with van der Waals surface area (Å²) in [6.07, 6.45) is 0. The van der Waals surface area contributed by atoms with E-state index in [-0.39, 0.29) is 11.9 Å². The lowest BCUT2D eigenvalue weighted by atomic mass is 10.1. The second kappa shape index (κ2) is 8.75. The molecule has 6 heteroatoms. The van der Waals surface area contributed by atoms with Gasteiger partial charge in [-0.2, -0.15) is 10.4 Å². The Morgan fingerprint density at radius 2 is 1.94 bits per heavy atom. The highest BCUT2D eigenvalue weighted by atomic mass is 79.9. The van der Waals surface area contributed by atoms with Crippen molar-refractivity contribution in [3.8, 4) is 6.07 Å². The Morgan fingerprint density at radius 3 is 2.68 bits per heavy atom. The minimum Gasteiger partial charge on any atom is -0.346 e. The monoisotopic (exact) mass is 472 g/mol. The van der Waals surface area contributed by atoms with Crippen LogP contribution in [0, 0.1) is 18.3 Å². The number of aromatic nitrogens is 2. The van der Waals surface area contributed by atoms with Crippen LogP contribution < -0.4 is 5.32 Å². The van der Waals surface area contributed by atoms with E-state index >= 15 is 0 Å². The lowest BCUT2D eigenvalue weighted by molar-refractivity contribution is 0.0940. The molecule has 0 aliphatic carbocycles. The van der Waals surface area contributed by atoms with Gasteiger partial charge in [0.1, 0.15) is 0 Å². The number of amides is 1. The van der Waals surface area contributed by atoms with Crippen LogP contribution in [-0.4, -0.2) is 15.7 Å². The molecule has 0 bridgehead atoms. The summed E-state index contributed by atoms with van der Waals surface area (Å²) < 4.78 is 2.92. The Labute approximate surface area is 189 Å². The van der Waals surface area contributed by atoms with Gasteiger partial charge in [0.05, 0.1) is 35.4 Å². The highest BCUT2D eigenvalue weighted by Gasteiger charge is 2.15. The Hall–Kier alpha value is -3.43. The number of nitrogens with one attached hydrogen (secondary N) is 1. The van der Waals surface area contributed by atoms with Gasteiger partial charge in [-0.3, -0.25) is 9.48 Å². The first kappa shape index (κ1) is 20.8. The maximum absolute atomic E-state index is 12.8. The number of nitrogens with zero attached hydrogens (tertiary/aromatic N) is 3. The maximum atomic E-state index is 12.8. The van der Waals surface area contributed by atoms with Crippen molar-refractivity contribution in [3.63, 3.8) is 0 Å². The molecule has 1 aromatic heterocycles. The van der Waals surface area contributed by atoms with Gasteiger partial charge in [0.25, 0.3) is 5.91 Å². The van der Waals surface area contributed by atoms with Crippen molar-refractivity contribution < 1.29 is 4.79 Å². The molecule has 31 heavy (non-hydrogen) atoms. The molecule has 0 fully saturated rings. The fraction of sp³-hybridized carbons (Fsp3) is 0.160. The Bertz CT molecular complexity index is 1300. The normalized spacial score (nSPS) is 11.8. The van der Waals surface area contributed by atoms with Crippen LogP contribution in [0.15, 0.2) is 71.2 Å². The molecule has 4 aromatic rings. The summed E-state index contributed by atoms with van der Waals surface area (Å²) >= 11 is 3.43. The van der Waals surface area contributed by atoms with Gasteiger partial charge in [-0.1, -0.05) is 40.2 Å². The largest absolute Gasteiger partial charge is 0.346 e. The topological polar surface area (TPSA) is 70.7 Å². The molecule has 4 rings (SSSR count). The Morgan fingerprint density at radius 1 is 1.16 bits per heavy atom. The average molecular weight is 473 g/mol. The second-order valence-corrected chi connectivity index (χ2v) is 8.45. The van der Waals surface area contributed by atoms with Gasteiger partial charge in [0.2, 0.25) is 0 Å². The quantitative estimate of drug-likeness (QED) is 0.415. The number of fused-ring (bicyclic) bond motifs is 1. The number of carbonyl (C=O) groups excluding carboxylic acids is 1. The van der Waals surface area contributed by atoms with Crippen LogP contribution in [-0.2, 0) is 6.54 Å². The summed E-state index contributed by atoms with van der Waals surface area (Å²) in [6, 6.07) is 23.2. The minimum absolute atomic E-state index is 0.104. The standard InChI is InChI=1S/C25H21BrN4O/c1-16(20-6-9-22(26)10-7-20)28-25(31)21-8-11-24-23(13-21)17(2)29-30(24)15-19-5-3-4-18(12-19)14-27/h3-13,16H,15H2,1-2H3,(H,28,31). The van der Waals surface area contributed by atoms with Crippen LogP contribution in [0.3, 0.4) is 0 Å². The number of hydrogen-bond acceptors (Lipinski definition) is 3. The molecular weight excluding hydrogens is 452 g/mol. The van der Waals surface area contributed by atoms with Crippen LogP contribution >= 0.6 is 15.9 Å². The first-order chi connectivity index (χ1) is 14.9. The molecule has 5 nitrogen and oxygen atoms in total. The van der Waals surface area contributed by atoms with Crippen molar-refractivity contribution in [2.45, 2.75) is 26.4 Å². The summed E-state index contributed by atoms with van der Waals surface area (Å²) in [6.45, 7) is 4.47. The number of aryl methyl sites for hydroxylation is 1. The molecular formula is C25H21BrN4O. The third kappa shape index (κ3) is 4.52. The number of rotatable bonds is 5. The van der Waals surface area contributed by atoms with Crippen molar-refractivity contribution in [2.75, 3.05) is 0 Å². The van der Waals surface area contributed by atoms with Crippen molar-refractivity contribution >= 4 is 32.7 Å². The van der Waals surface area contributed by atoms with E-state index in [1.54, 1.807) is 6.07 Å². The van der Waals surface area contributed by atoms with E-state index in [4.69, 9.17) is 5.26 Å². The minimum atomic E-state index is -0.119. The van der Waals surface area contributed by atoms with Gasteiger partial charge >= 0.3 is 0 Å². The van der Waals surface area contributed by atoms with Crippen molar-refractivity contribution in [3.05, 3.63) is 99.2 Å². The van der Waals surface area contributed by atoms with Crippen LogP contribution in [0.1, 0.15) is 45.7 Å². The fourth-order valence-corrected chi connectivity index (χ4v) is 3.89. The summed E-state index contributed by atoms with van der Waals surface area (Å²) in [5.74, 6) is -0.119. The third-order valence-corrected chi connectivity index (χ3v) is 5.83. The van der Waals surface area contributed by atoms with Crippen LogP contribution in [0.2, 0.25) is 0 Å². The number of nitriles is 1. The molecule has 1 heterocycles. The number of benzene rings is 3. The van der Waals surface area contributed by atoms with Crippen molar-refractivity contribution in [1.29, 1.82) is 5.26 Å². The third-order valence-electron chi connectivity index (χ3n) is 5.30. The fourth-order valence-electron chi connectivity index (χ4n) is 3.63. The van der Waals surface area contributed by atoms with Gasteiger partial charge in [-0.05, 0) is 67.4 Å². The van der Waals surface area contributed by atoms with E-state index in [1.165, 1.54) is 0 Å². The van der Waals surface area contributed by atoms with E-state index < -0.39 is 0 Å². The van der Waals surface area contributed by atoms with Gasteiger partial charge in [0.15, 0.2) is 0 Å². The Balaban J connectivity index is 1.56. The zero-order valence-corrected chi connectivity index (χ0v) is 18.8. The Kier molecular flexibility index (Phi) is 5.88. The average Bonchev–Trinajstić information content (AvgIpc) is 3.08. The first-order valence-electron chi connectivity index (χ1n) is 9.97. The van der Waals surface area contributed by atoms with Crippen molar-refractivity contribution in [2.24, 2.45) is 0 Å². The predicted molar refractivity (Wildman–Crippen MR) is 125 cm³/mol. The molecule has 1 atom stereocenters. The van der Waals surface area contributed by atoms with E-state index in [1.807, 2.05) is 79.2 Å². The van der Waals surface area contributed by atoms with Crippen molar-refractivity contribution in [1.82, 2.24) is 15.1 Å². The summed E-state index contributed by atoms with van der Waals surface area (Å²) in [7, 11) is 0. The molecule has 154 valence electrons. The van der Waals surface area contributed by atoms with Crippen LogP contribution in [0.25, 0.3) is 10.9 Å². The van der Waals surface area contributed by atoms with Crippen LogP contribution in [0.5, 0.6) is 0 Å². The van der Waals surface area contributed by atoms with E-state index in [0.717, 1.165) is 32.2 Å². The number of hydrogen-bond donors (Lipinski definition) is 1. The highest BCUT2D eigenvalue weighted by Crippen LogP contribution is 2.22. The molecule has 0 radical (unpaired) electrons. The predicted octanol–water partition coefficient (Wildman–Crippen LogP) is 5.52. The summed E-state index contributed by atoms with van der Waals surface area (Å²) in [4.78, 5) is 12.8. The van der Waals surface area contributed by atoms with Crippen LogP contribution in [0.4, 0.5) is 0 Å². The second-order valence-electron chi connectivity index (χ2n) is 7.53. The SMILES string of the molecule is Cc1nn(Cc2cccc(C#N)c2)c2ccc(C(=O)NC(C)c3ccc(Br)cc3)cc12. The maximum Gasteiger partial charge on any atom is 0.251 e. The molecule has 3 aromatic carbocycles. The van der Waals surface area contributed by atoms with E-state index in [9.17, 15) is 4.79 Å².